The van der Waals surface area contributed by atoms with Gasteiger partial charge in [0.15, 0.2) is 0 Å². The maximum atomic E-state index is 12.7. The molecule has 1 saturated heterocycles. The lowest BCUT2D eigenvalue weighted by atomic mass is 9.75. The highest BCUT2D eigenvalue weighted by Gasteiger charge is 2.34. The van der Waals surface area contributed by atoms with E-state index in [-0.39, 0.29) is 5.91 Å². The number of piperidine rings is 1. The zero-order valence-corrected chi connectivity index (χ0v) is 12.6. The fourth-order valence-electron chi connectivity index (χ4n) is 4.23. The average Bonchev–Trinajstić information content (AvgIpc) is 2.97. The number of hydrogen-bond acceptors (Lipinski definition) is 3. The first-order chi connectivity index (χ1) is 10.3. The number of imidazole rings is 1. The number of nitrogens with one attached hydrogen (secondary N) is 1. The van der Waals surface area contributed by atoms with Gasteiger partial charge in [0.05, 0.1) is 0 Å². The van der Waals surface area contributed by atoms with Crippen molar-refractivity contribution in [1.29, 1.82) is 0 Å². The molecule has 1 saturated carbocycles. The van der Waals surface area contributed by atoms with Gasteiger partial charge in [-0.2, -0.15) is 0 Å². The van der Waals surface area contributed by atoms with Gasteiger partial charge < -0.3 is 14.8 Å². The second-order valence-corrected chi connectivity index (χ2v) is 6.77. The summed E-state index contributed by atoms with van der Waals surface area (Å²) in [6, 6.07) is 0. The number of carbonyl (C=O) groups is 1. The zero-order valence-electron chi connectivity index (χ0n) is 12.6. The number of aryl methyl sites for hydroxylation is 1. The second-order valence-electron chi connectivity index (χ2n) is 6.77. The third-order valence-electron chi connectivity index (χ3n) is 5.43. The molecule has 0 spiro atoms. The Kier molecular flexibility index (Phi) is 3.36. The van der Waals surface area contributed by atoms with Gasteiger partial charge in [-0.1, -0.05) is 19.3 Å². The van der Waals surface area contributed by atoms with Gasteiger partial charge in [0.2, 0.25) is 5.95 Å². The van der Waals surface area contributed by atoms with Crippen LogP contribution in [-0.2, 0) is 6.54 Å². The molecule has 1 aromatic rings. The zero-order chi connectivity index (χ0) is 14.2. The van der Waals surface area contributed by atoms with E-state index < -0.39 is 0 Å². The number of hydrogen-bond donors (Lipinski definition) is 1. The number of nitrogens with zero attached hydrogens (tertiary/aromatic N) is 3. The average molecular weight is 288 g/mol. The minimum absolute atomic E-state index is 0.128. The second kappa shape index (κ2) is 5.35. The van der Waals surface area contributed by atoms with E-state index >= 15 is 0 Å². The Labute approximate surface area is 125 Å². The van der Waals surface area contributed by atoms with Crippen molar-refractivity contribution in [3.8, 4) is 0 Å². The molecule has 1 aliphatic carbocycles. The van der Waals surface area contributed by atoms with Crippen molar-refractivity contribution in [3.05, 3.63) is 11.9 Å². The van der Waals surface area contributed by atoms with E-state index in [0.29, 0.717) is 5.69 Å². The van der Waals surface area contributed by atoms with E-state index in [4.69, 9.17) is 0 Å². The van der Waals surface area contributed by atoms with Crippen LogP contribution in [0.15, 0.2) is 6.20 Å². The van der Waals surface area contributed by atoms with Crippen LogP contribution in [0.2, 0.25) is 0 Å². The molecule has 5 nitrogen and oxygen atoms in total. The van der Waals surface area contributed by atoms with Crippen LogP contribution in [0, 0.1) is 11.8 Å². The topological polar surface area (TPSA) is 50.2 Å². The molecule has 0 radical (unpaired) electrons. The van der Waals surface area contributed by atoms with Crippen molar-refractivity contribution in [2.24, 2.45) is 11.8 Å². The SMILES string of the molecule is O=C(c1cn2c(n1)NCCC2)N1CCC2CCCCC2C1. The first-order valence-corrected chi connectivity index (χ1v) is 8.41. The van der Waals surface area contributed by atoms with Gasteiger partial charge in [-0.25, -0.2) is 4.98 Å². The Morgan fingerprint density at radius 2 is 2.00 bits per heavy atom. The molecular formula is C16H24N4O. The number of likely N-dealkylation sites (tertiary alicyclic amines) is 1. The molecule has 1 N–H and O–H groups in total. The fraction of sp³-hybridized carbons (Fsp3) is 0.750. The largest absolute Gasteiger partial charge is 0.356 e. The van der Waals surface area contributed by atoms with Crippen molar-refractivity contribution in [2.75, 3.05) is 25.0 Å². The van der Waals surface area contributed by atoms with Gasteiger partial charge in [0, 0.05) is 32.4 Å². The van der Waals surface area contributed by atoms with Crippen LogP contribution in [0.3, 0.4) is 0 Å². The van der Waals surface area contributed by atoms with E-state index in [1.807, 2.05) is 11.1 Å². The quantitative estimate of drug-likeness (QED) is 0.863. The summed E-state index contributed by atoms with van der Waals surface area (Å²) in [6.45, 7) is 3.78. The number of aromatic nitrogens is 2. The highest BCUT2D eigenvalue weighted by atomic mass is 16.2. The van der Waals surface area contributed by atoms with Gasteiger partial charge in [0.25, 0.3) is 5.91 Å². The van der Waals surface area contributed by atoms with Gasteiger partial charge >= 0.3 is 0 Å². The summed E-state index contributed by atoms with van der Waals surface area (Å²) in [6.07, 6.45) is 9.61. The minimum atomic E-state index is 0.128. The number of amides is 1. The lowest BCUT2D eigenvalue weighted by Gasteiger charge is -2.41. The number of rotatable bonds is 1. The Hall–Kier alpha value is -1.52. The molecule has 3 heterocycles. The van der Waals surface area contributed by atoms with Crippen molar-refractivity contribution < 1.29 is 4.79 Å². The Bertz CT molecular complexity index is 515. The highest BCUT2D eigenvalue weighted by molar-refractivity contribution is 5.92. The predicted octanol–water partition coefficient (Wildman–Crippen LogP) is 2.35. The van der Waals surface area contributed by atoms with Crippen LogP contribution in [0.5, 0.6) is 0 Å². The first-order valence-electron chi connectivity index (χ1n) is 8.41. The number of anilines is 1. The molecule has 2 unspecified atom stereocenters. The lowest BCUT2D eigenvalue weighted by molar-refractivity contribution is 0.0516. The Morgan fingerprint density at radius 1 is 1.14 bits per heavy atom. The van der Waals surface area contributed by atoms with Crippen LogP contribution in [0.25, 0.3) is 0 Å². The maximum Gasteiger partial charge on any atom is 0.274 e. The van der Waals surface area contributed by atoms with Crippen LogP contribution in [-0.4, -0.2) is 40.0 Å². The molecule has 4 rings (SSSR count). The third-order valence-corrected chi connectivity index (χ3v) is 5.43. The van der Waals surface area contributed by atoms with Gasteiger partial charge in [0.1, 0.15) is 5.69 Å². The summed E-state index contributed by atoms with van der Waals surface area (Å²) in [5.74, 6) is 2.58. The van der Waals surface area contributed by atoms with Crippen molar-refractivity contribution in [1.82, 2.24) is 14.5 Å². The smallest absolute Gasteiger partial charge is 0.274 e. The van der Waals surface area contributed by atoms with Crippen molar-refractivity contribution in [3.63, 3.8) is 0 Å². The Balaban J connectivity index is 1.48. The molecular weight excluding hydrogens is 264 g/mol. The van der Waals surface area contributed by atoms with Crippen molar-refractivity contribution in [2.45, 2.75) is 45.1 Å². The van der Waals surface area contributed by atoms with Gasteiger partial charge in [-0.05, 0) is 31.1 Å². The van der Waals surface area contributed by atoms with Gasteiger partial charge in [-0.3, -0.25) is 4.79 Å². The maximum absolute atomic E-state index is 12.7. The summed E-state index contributed by atoms with van der Waals surface area (Å²) >= 11 is 0. The van der Waals surface area contributed by atoms with E-state index in [1.54, 1.807) is 0 Å². The van der Waals surface area contributed by atoms with Crippen LogP contribution in [0.1, 0.15) is 49.0 Å². The number of fused-ring (bicyclic) bond motifs is 2. The van der Waals surface area contributed by atoms with E-state index in [9.17, 15) is 4.79 Å². The monoisotopic (exact) mass is 288 g/mol. The van der Waals surface area contributed by atoms with Crippen LogP contribution >= 0.6 is 0 Å². The molecule has 114 valence electrons. The molecule has 0 aromatic carbocycles. The summed E-state index contributed by atoms with van der Waals surface area (Å²) in [7, 11) is 0. The third kappa shape index (κ3) is 2.43. The van der Waals surface area contributed by atoms with Gasteiger partial charge in [-0.15, -0.1) is 0 Å². The normalized spacial score (nSPS) is 28.5. The summed E-state index contributed by atoms with van der Waals surface area (Å²) < 4.78 is 2.07. The predicted molar refractivity (Wildman–Crippen MR) is 81.3 cm³/mol. The lowest BCUT2D eigenvalue weighted by Crippen LogP contribution is -2.44. The minimum Gasteiger partial charge on any atom is -0.356 e. The van der Waals surface area contributed by atoms with E-state index in [1.165, 1.54) is 32.1 Å². The van der Waals surface area contributed by atoms with E-state index in [0.717, 1.165) is 50.4 Å². The molecule has 2 atom stereocenters. The molecule has 1 amide bonds. The standard InChI is InChI=1S/C16H24N4O/c21-15(14-11-20-8-3-7-17-16(20)18-14)19-9-6-12-4-1-2-5-13(12)10-19/h11-13H,1-10H2,(H,17,18). The summed E-state index contributed by atoms with van der Waals surface area (Å²) in [4.78, 5) is 19.2. The highest BCUT2D eigenvalue weighted by Crippen LogP contribution is 2.36. The molecule has 3 aliphatic rings. The Morgan fingerprint density at radius 3 is 2.86 bits per heavy atom. The fourth-order valence-corrected chi connectivity index (χ4v) is 4.23. The molecule has 2 aliphatic heterocycles. The first kappa shape index (κ1) is 13.2. The van der Waals surface area contributed by atoms with Crippen LogP contribution < -0.4 is 5.32 Å². The molecule has 5 heteroatoms. The van der Waals surface area contributed by atoms with Crippen molar-refractivity contribution >= 4 is 11.9 Å². The summed E-state index contributed by atoms with van der Waals surface area (Å²) in [5.41, 5.74) is 0.619. The van der Waals surface area contributed by atoms with Crippen LogP contribution in [0.4, 0.5) is 5.95 Å². The number of carbonyl (C=O) groups excluding carboxylic acids is 1. The molecule has 21 heavy (non-hydrogen) atoms. The van der Waals surface area contributed by atoms with E-state index in [2.05, 4.69) is 14.9 Å². The molecule has 0 bridgehead atoms. The summed E-state index contributed by atoms with van der Waals surface area (Å²) in [5, 5.41) is 3.27. The molecule has 2 fully saturated rings. The molecule has 1 aromatic heterocycles.